The van der Waals surface area contributed by atoms with Gasteiger partial charge in [0.15, 0.2) is 5.82 Å². The van der Waals surface area contributed by atoms with E-state index >= 15 is 0 Å². The van der Waals surface area contributed by atoms with Crippen LogP contribution in [-0.2, 0) is 16.8 Å². The molecule has 5 rings (SSSR count). The number of tetrazole rings is 1. The molecule has 9 heteroatoms. The summed E-state index contributed by atoms with van der Waals surface area (Å²) >= 11 is 0. The molecule has 1 fully saturated rings. The van der Waals surface area contributed by atoms with Crippen LogP contribution in [-0.4, -0.2) is 56.5 Å². The Bertz CT molecular complexity index is 1470. The molecule has 0 radical (unpaired) electrons. The van der Waals surface area contributed by atoms with Gasteiger partial charge in [0, 0.05) is 30.8 Å². The molecular formula is C30H38N6O3. The molecule has 0 bridgehead atoms. The maximum atomic E-state index is 13.8. The van der Waals surface area contributed by atoms with Crippen LogP contribution >= 0.6 is 0 Å². The maximum absolute atomic E-state index is 13.8. The quantitative estimate of drug-likeness (QED) is 0.316. The van der Waals surface area contributed by atoms with Gasteiger partial charge in [-0.25, -0.2) is 4.68 Å². The molecule has 206 valence electrons. The van der Waals surface area contributed by atoms with Gasteiger partial charge in [-0.05, 0) is 91.2 Å². The van der Waals surface area contributed by atoms with Gasteiger partial charge in [0.2, 0.25) is 0 Å². The maximum Gasteiger partial charge on any atom is 0.253 e. The van der Waals surface area contributed by atoms with Crippen LogP contribution in [0, 0.1) is 6.92 Å². The molecule has 1 aliphatic rings. The molecular weight excluding hydrogens is 492 g/mol. The summed E-state index contributed by atoms with van der Waals surface area (Å²) in [7, 11) is 1.66. The molecule has 1 N–H and O–H groups in total. The molecule has 0 spiro atoms. The molecule has 9 nitrogen and oxygen atoms in total. The van der Waals surface area contributed by atoms with Crippen LogP contribution in [0.15, 0.2) is 53.3 Å². The molecule has 0 aliphatic carbocycles. The minimum Gasteiger partial charge on any atom is -0.497 e. The topological polar surface area (TPSA) is 98.2 Å². The number of pyridine rings is 1. The minimum absolute atomic E-state index is 0.0662. The second kappa shape index (κ2) is 11.3. The van der Waals surface area contributed by atoms with Crippen molar-refractivity contribution in [2.75, 3.05) is 20.3 Å². The zero-order valence-electron chi connectivity index (χ0n) is 23.5. The monoisotopic (exact) mass is 530 g/mol. The summed E-state index contributed by atoms with van der Waals surface area (Å²) in [5.41, 5.74) is 3.13. The first-order valence-corrected chi connectivity index (χ1v) is 13.7. The molecule has 0 unspecified atom stereocenters. The smallest absolute Gasteiger partial charge is 0.253 e. The fourth-order valence-corrected chi connectivity index (χ4v) is 5.26. The second-order valence-corrected chi connectivity index (χ2v) is 11.1. The van der Waals surface area contributed by atoms with Gasteiger partial charge >= 0.3 is 0 Å². The van der Waals surface area contributed by atoms with Crippen LogP contribution in [0.5, 0.6) is 5.75 Å². The van der Waals surface area contributed by atoms with Gasteiger partial charge in [0.25, 0.3) is 5.56 Å². The number of nitrogens with zero attached hydrogens (tertiary/aromatic N) is 5. The van der Waals surface area contributed by atoms with Gasteiger partial charge in [0.1, 0.15) is 11.8 Å². The average molecular weight is 531 g/mol. The lowest BCUT2D eigenvalue weighted by molar-refractivity contribution is 0.0562. The third kappa shape index (κ3) is 5.74. The SMILES string of the molecule is CCC(C)(C)n1nnnc1[C@@H](c1cc2ccc(C)cc2[nH]c1=O)N(Cc1ccc(OC)cc1)C[C@@H]1CCCO1. The van der Waals surface area contributed by atoms with Gasteiger partial charge in [0.05, 0.1) is 18.8 Å². The van der Waals surface area contributed by atoms with Gasteiger partial charge in [-0.15, -0.1) is 5.10 Å². The van der Waals surface area contributed by atoms with Crippen LogP contribution < -0.4 is 10.3 Å². The molecule has 2 aromatic heterocycles. The highest BCUT2D eigenvalue weighted by Gasteiger charge is 2.36. The largest absolute Gasteiger partial charge is 0.497 e. The third-order valence-corrected chi connectivity index (χ3v) is 7.87. The van der Waals surface area contributed by atoms with Gasteiger partial charge < -0.3 is 14.5 Å². The number of hydrogen-bond acceptors (Lipinski definition) is 7. The predicted octanol–water partition coefficient (Wildman–Crippen LogP) is 4.75. The van der Waals surface area contributed by atoms with E-state index in [4.69, 9.17) is 9.47 Å². The van der Waals surface area contributed by atoms with Crippen molar-refractivity contribution in [3.05, 3.63) is 81.4 Å². The van der Waals surface area contributed by atoms with Crippen molar-refractivity contribution in [1.29, 1.82) is 0 Å². The fraction of sp³-hybridized carbons (Fsp3) is 0.467. The van der Waals surface area contributed by atoms with Crippen molar-refractivity contribution in [3.8, 4) is 5.75 Å². The number of aromatic nitrogens is 5. The lowest BCUT2D eigenvalue weighted by Gasteiger charge is -2.34. The van der Waals surface area contributed by atoms with E-state index in [2.05, 4.69) is 64.4 Å². The highest BCUT2D eigenvalue weighted by atomic mass is 16.5. The normalized spacial score (nSPS) is 16.7. The number of ether oxygens (including phenoxy) is 2. The van der Waals surface area contributed by atoms with E-state index in [-0.39, 0.29) is 17.2 Å². The van der Waals surface area contributed by atoms with Crippen molar-refractivity contribution in [3.63, 3.8) is 0 Å². The molecule has 1 saturated heterocycles. The molecule has 3 heterocycles. The van der Waals surface area contributed by atoms with Crippen LogP contribution in [0.3, 0.4) is 0 Å². The van der Waals surface area contributed by atoms with E-state index in [9.17, 15) is 4.79 Å². The van der Waals surface area contributed by atoms with E-state index in [1.807, 2.05) is 41.9 Å². The molecule has 1 aliphatic heterocycles. The van der Waals surface area contributed by atoms with Crippen molar-refractivity contribution >= 4 is 10.9 Å². The van der Waals surface area contributed by atoms with Gasteiger partial charge in [-0.2, -0.15) is 0 Å². The number of aryl methyl sites for hydroxylation is 1. The summed E-state index contributed by atoms with van der Waals surface area (Å²) in [6, 6.07) is 15.7. The summed E-state index contributed by atoms with van der Waals surface area (Å²) in [6.07, 6.45) is 2.90. The first kappa shape index (κ1) is 27.0. The van der Waals surface area contributed by atoms with Gasteiger partial charge in [-0.1, -0.05) is 31.2 Å². The van der Waals surface area contributed by atoms with E-state index in [0.29, 0.717) is 24.5 Å². The molecule has 4 aromatic rings. The van der Waals surface area contributed by atoms with Gasteiger partial charge in [-0.3, -0.25) is 9.69 Å². The molecule has 39 heavy (non-hydrogen) atoms. The Labute approximate surface area is 229 Å². The Hall–Kier alpha value is -3.56. The van der Waals surface area contributed by atoms with Crippen molar-refractivity contribution < 1.29 is 9.47 Å². The van der Waals surface area contributed by atoms with E-state index in [1.54, 1.807) is 7.11 Å². The highest BCUT2D eigenvalue weighted by Crippen LogP contribution is 2.33. The third-order valence-electron chi connectivity index (χ3n) is 7.87. The number of fused-ring (bicyclic) bond motifs is 1. The summed E-state index contributed by atoms with van der Waals surface area (Å²) in [6.45, 7) is 10.3. The summed E-state index contributed by atoms with van der Waals surface area (Å²) in [5.74, 6) is 1.45. The zero-order valence-corrected chi connectivity index (χ0v) is 23.5. The number of H-pyrrole nitrogens is 1. The van der Waals surface area contributed by atoms with Crippen LogP contribution in [0.2, 0.25) is 0 Å². The minimum atomic E-state index is -0.494. The second-order valence-electron chi connectivity index (χ2n) is 11.1. The first-order chi connectivity index (χ1) is 18.8. The van der Waals surface area contributed by atoms with E-state index in [1.165, 1.54) is 0 Å². The number of rotatable bonds is 10. The molecule has 2 aromatic carbocycles. The highest BCUT2D eigenvalue weighted by molar-refractivity contribution is 5.79. The van der Waals surface area contributed by atoms with Crippen molar-refractivity contribution in [1.82, 2.24) is 30.1 Å². The number of benzene rings is 2. The van der Waals surface area contributed by atoms with Crippen LogP contribution in [0.4, 0.5) is 0 Å². The average Bonchev–Trinajstić information content (AvgIpc) is 3.63. The molecule has 2 atom stereocenters. The predicted molar refractivity (Wildman–Crippen MR) is 151 cm³/mol. The lowest BCUT2D eigenvalue weighted by atomic mass is 9.98. The molecule has 0 amide bonds. The van der Waals surface area contributed by atoms with Crippen LogP contribution in [0.1, 0.15) is 68.6 Å². The van der Waals surface area contributed by atoms with Crippen molar-refractivity contribution in [2.24, 2.45) is 0 Å². The standard InChI is InChI=1S/C30H38N6O3/c1-6-30(3,4)36-28(32-33-34-36)27(25-17-22-12-9-20(2)16-26(22)31-29(25)37)35(19-24-8-7-15-39-24)18-21-10-13-23(38-5)14-11-21/h9-14,16-17,24,27H,6-8,15,18-19H2,1-5H3,(H,31,37)/t24-,27+/m0/s1. The summed E-state index contributed by atoms with van der Waals surface area (Å²) in [4.78, 5) is 19.2. The van der Waals surface area contributed by atoms with Crippen LogP contribution in [0.25, 0.3) is 10.9 Å². The zero-order chi connectivity index (χ0) is 27.6. The first-order valence-electron chi connectivity index (χ1n) is 13.7. The number of nitrogens with one attached hydrogen (secondary N) is 1. The Balaban J connectivity index is 1.68. The number of aromatic amines is 1. The number of methoxy groups -OCH3 is 1. The molecule has 0 saturated carbocycles. The Kier molecular flexibility index (Phi) is 7.81. The van der Waals surface area contributed by atoms with E-state index in [0.717, 1.165) is 53.6 Å². The summed E-state index contributed by atoms with van der Waals surface area (Å²) in [5, 5.41) is 14.0. The number of hydrogen-bond donors (Lipinski definition) is 1. The Morgan fingerprint density at radius 1 is 1.21 bits per heavy atom. The fourth-order valence-electron chi connectivity index (χ4n) is 5.26. The van der Waals surface area contributed by atoms with E-state index < -0.39 is 6.04 Å². The Morgan fingerprint density at radius 3 is 2.69 bits per heavy atom. The lowest BCUT2D eigenvalue weighted by Crippen LogP contribution is -2.41. The summed E-state index contributed by atoms with van der Waals surface area (Å²) < 4.78 is 13.3. The Morgan fingerprint density at radius 2 is 2.00 bits per heavy atom. The van der Waals surface area contributed by atoms with Crippen molar-refractivity contribution in [2.45, 2.75) is 71.2 Å².